The fourth-order valence-corrected chi connectivity index (χ4v) is 6.28. The zero-order valence-electron chi connectivity index (χ0n) is 18.4. The van der Waals surface area contributed by atoms with Gasteiger partial charge in [-0.05, 0) is 55.5 Å². The van der Waals surface area contributed by atoms with Gasteiger partial charge in [-0.2, -0.15) is 0 Å². The smallest absolute Gasteiger partial charge is 0.262 e. The molecule has 170 valence electrons. The van der Waals surface area contributed by atoms with Crippen LogP contribution in [-0.4, -0.2) is 60.4 Å². The van der Waals surface area contributed by atoms with E-state index < -0.39 is 0 Å². The number of benzene rings is 1. The van der Waals surface area contributed by atoms with Crippen LogP contribution in [-0.2, 0) is 24.1 Å². The third kappa shape index (κ3) is 4.19. The molecule has 2 aromatic heterocycles. The fraction of sp³-hybridized carbons (Fsp3) is 0.500. The van der Waals surface area contributed by atoms with Gasteiger partial charge < -0.3 is 9.64 Å². The Morgan fingerprint density at radius 1 is 1.19 bits per heavy atom. The summed E-state index contributed by atoms with van der Waals surface area (Å²) in [6, 6.07) is 7.31. The van der Waals surface area contributed by atoms with Crippen LogP contribution in [0.4, 0.5) is 10.1 Å². The van der Waals surface area contributed by atoms with Crippen LogP contribution in [0.2, 0.25) is 0 Å². The van der Waals surface area contributed by atoms with Gasteiger partial charge in [0.05, 0.1) is 11.7 Å². The maximum absolute atomic E-state index is 13.2. The molecule has 3 aromatic rings. The lowest BCUT2D eigenvalue weighted by Gasteiger charge is -2.41. The lowest BCUT2D eigenvalue weighted by Crippen LogP contribution is -2.51. The van der Waals surface area contributed by atoms with Crippen molar-refractivity contribution in [1.82, 2.24) is 14.5 Å². The van der Waals surface area contributed by atoms with Crippen LogP contribution in [0.25, 0.3) is 10.2 Å². The minimum Gasteiger partial charge on any atom is -0.385 e. The number of aryl methyl sites for hydroxylation is 2. The average Bonchev–Trinajstić information content (AvgIpc) is 3.20. The second kappa shape index (κ2) is 9.29. The number of anilines is 1. The Bertz CT molecular complexity index is 1140. The molecule has 0 radical (unpaired) electrons. The molecule has 6 nitrogen and oxygen atoms in total. The van der Waals surface area contributed by atoms with Crippen molar-refractivity contribution >= 4 is 27.2 Å². The first-order valence-electron chi connectivity index (χ1n) is 11.4. The number of hydrogen-bond acceptors (Lipinski definition) is 6. The normalized spacial score (nSPS) is 19.4. The number of fused-ring (bicyclic) bond motifs is 3. The number of aromatic nitrogens is 2. The van der Waals surface area contributed by atoms with Gasteiger partial charge in [0.2, 0.25) is 0 Å². The standard InChI is InChI=1S/C24H29FN4O2S/c1-31-14-2-9-29-16-26-23-22(24(29)30)20-8-7-19(15-21(20)32-23)28-12-10-27(11-13-28)18-5-3-17(25)4-6-18/h3-6,16,19H,2,7-15H2,1H3. The van der Waals surface area contributed by atoms with Crippen molar-refractivity contribution in [1.29, 1.82) is 0 Å². The van der Waals surface area contributed by atoms with Crippen LogP contribution in [0, 0.1) is 5.82 Å². The van der Waals surface area contributed by atoms with E-state index in [1.54, 1.807) is 29.3 Å². The molecule has 0 N–H and O–H groups in total. The molecule has 1 saturated heterocycles. The van der Waals surface area contributed by atoms with Crippen molar-refractivity contribution in [2.24, 2.45) is 0 Å². The quantitative estimate of drug-likeness (QED) is 0.533. The summed E-state index contributed by atoms with van der Waals surface area (Å²) in [4.78, 5) is 24.8. The van der Waals surface area contributed by atoms with Gasteiger partial charge >= 0.3 is 0 Å². The maximum Gasteiger partial charge on any atom is 0.262 e. The van der Waals surface area contributed by atoms with Gasteiger partial charge in [0, 0.05) is 63.0 Å². The number of ether oxygens (including phenoxy) is 1. The van der Waals surface area contributed by atoms with Gasteiger partial charge in [-0.15, -0.1) is 11.3 Å². The van der Waals surface area contributed by atoms with Crippen molar-refractivity contribution < 1.29 is 9.13 Å². The summed E-state index contributed by atoms with van der Waals surface area (Å²) in [5, 5.41) is 0.837. The Kier molecular flexibility index (Phi) is 6.26. The lowest BCUT2D eigenvalue weighted by molar-refractivity contribution is 0.171. The molecule has 8 heteroatoms. The molecule has 32 heavy (non-hydrogen) atoms. The van der Waals surface area contributed by atoms with Gasteiger partial charge in [-0.3, -0.25) is 14.3 Å². The molecule has 1 aliphatic heterocycles. The summed E-state index contributed by atoms with van der Waals surface area (Å²) in [6.45, 7) is 5.20. The highest BCUT2D eigenvalue weighted by atomic mass is 32.1. The molecular formula is C24H29FN4O2S. The van der Waals surface area contributed by atoms with Crippen molar-refractivity contribution in [2.45, 2.75) is 38.3 Å². The summed E-state index contributed by atoms with van der Waals surface area (Å²) in [5.41, 5.74) is 2.41. The first kappa shape index (κ1) is 21.6. The van der Waals surface area contributed by atoms with Gasteiger partial charge in [0.15, 0.2) is 0 Å². The molecule has 1 aromatic carbocycles. The number of thiophene rings is 1. The van der Waals surface area contributed by atoms with Crippen molar-refractivity contribution in [3.8, 4) is 0 Å². The Morgan fingerprint density at radius 3 is 2.72 bits per heavy atom. The zero-order valence-corrected chi connectivity index (χ0v) is 19.2. The van der Waals surface area contributed by atoms with Gasteiger partial charge in [0.25, 0.3) is 5.56 Å². The van der Waals surface area contributed by atoms with Gasteiger partial charge in [0.1, 0.15) is 10.6 Å². The van der Waals surface area contributed by atoms with E-state index in [1.807, 2.05) is 12.1 Å². The molecule has 1 fully saturated rings. The van der Waals surface area contributed by atoms with Crippen molar-refractivity contribution in [3.63, 3.8) is 0 Å². The van der Waals surface area contributed by atoms with E-state index in [4.69, 9.17) is 4.74 Å². The number of hydrogen-bond donors (Lipinski definition) is 0. The molecule has 0 bridgehead atoms. The Morgan fingerprint density at radius 2 is 1.97 bits per heavy atom. The molecule has 0 saturated carbocycles. The Hall–Kier alpha value is -2.29. The van der Waals surface area contributed by atoms with E-state index in [1.165, 1.54) is 22.6 Å². The molecular weight excluding hydrogens is 427 g/mol. The Balaban J connectivity index is 1.27. The summed E-state index contributed by atoms with van der Waals surface area (Å²) >= 11 is 1.70. The van der Waals surface area contributed by atoms with Gasteiger partial charge in [-0.1, -0.05) is 0 Å². The number of piperazine rings is 1. The van der Waals surface area contributed by atoms with E-state index in [0.29, 0.717) is 19.2 Å². The van der Waals surface area contributed by atoms with Crippen molar-refractivity contribution in [3.05, 3.63) is 57.2 Å². The molecule has 1 unspecified atom stereocenters. The summed E-state index contributed by atoms with van der Waals surface area (Å²) in [6.07, 6.45) is 5.51. The molecule has 5 rings (SSSR count). The number of halogens is 1. The predicted molar refractivity (Wildman–Crippen MR) is 126 cm³/mol. The first-order valence-corrected chi connectivity index (χ1v) is 12.2. The monoisotopic (exact) mass is 456 g/mol. The molecule has 3 heterocycles. The molecule has 2 aliphatic rings. The summed E-state index contributed by atoms with van der Waals surface area (Å²) in [5.74, 6) is -0.190. The largest absolute Gasteiger partial charge is 0.385 e. The van der Waals surface area contributed by atoms with Crippen LogP contribution in [0.1, 0.15) is 23.3 Å². The first-order chi connectivity index (χ1) is 15.6. The molecule has 1 atom stereocenters. The number of rotatable bonds is 6. The molecule has 0 spiro atoms. The van der Waals surface area contributed by atoms with E-state index in [9.17, 15) is 9.18 Å². The second-order valence-corrected chi connectivity index (χ2v) is 9.75. The highest BCUT2D eigenvalue weighted by molar-refractivity contribution is 7.18. The third-order valence-corrected chi connectivity index (χ3v) is 7.94. The fourth-order valence-electron chi connectivity index (χ4n) is 5.03. The van der Waals surface area contributed by atoms with E-state index in [-0.39, 0.29) is 11.4 Å². The van der Waals surface area contributed by atoms with Gasteiger partial charge in [-0.25, -0.2) is 9.37 Å². The Labute approximate surface area is 191 Å². The third-order valence-electron chi connectivity index (χ3n) is 6.78. The second-order valence-electron chi connectivity index (χ2n) is 8.67. The van der Waals surface area contributed by atoms with Crippen LogP contribution in [0.5, 0.6) is 0 Å². The predicted octanol–water partition coefficient (Wildman–Crippen LogP) is 3.31. The van der Waals surface area contributed by atoms with Crippen molar-refractivity contribution in [2.75, 3.05) is 44.8 Å². The minimum atomic E-state index is -0.190. The SMILES string of the molecule is COCCCn1cnc2sc3c(c2c1=O)CCC(N1CCN(c2ccc(F)cc2)CC1)C3. The number of nitrogens with zero attached hydrogens (tertiary/aromatic N) is 4. The molecule has 1 aliphatic carbocycles. The maximum atomic E-state index is 13.2. The lowest BCUT2D eigenvalue weighted by atomic mass is 9.91. The topological polar surface area (TPSA) is 50.6 Å². The van der Waals surface area contributed by atoms with Crippen LogP contribution < -0.4 is 10.5 Å². The van der Waals surface area contributed by atoms with Crippen LogP contribution in [0.3, 0.4) is 0 Å². The van der Waals surface area contributed by atoms with Crippen LogP contribution in [0.15, 0.2) is 35.4 Å². The summed E-state index contributed by atoms with van der Waals surface area (Å²) < 4.78 is 20.1. The highest BCUT2D eigenvalue weighted by Crippen LogP contribution is 2.35. The van der Waals surface area contributed by atoms with E-state index in [2.05, 4.69) is 14.8 Å². The highest BCUT2D eigenvalue weighted by Gasteiger charge is 2.30. The zero-order chi connectivity index (χ0) is 22.1. The van der Waals surface area contributed by atoms with E-state index >= 15 is 0 Å². The average molecular weight is 457 g/mol. The molecule has 0 amide bonds. The summed E-state index contributed by atoms with van der Waals surface area (Å²) in [7, 11) is 1.68. The number of methoxy groups -OCH3 is 1. The van der Waals surface area contributed by atoms with E-state index in [0.717, 1.165) is 67.8 Å². The minimum absolute atomic E-state index is 0.0926. The van der Waals surface area contributed by atoms with Crippen LogP contribution >= 0.6 is 11.3 Å².